The number of hydrogen-bond donors (Lipinski definition) is 0. The van der Waals surface area contributed by atoms with Gasteiger partial charge in [-0.25, -0.2) is 8.78 Å². The van der Waals surface area contributed by atoms with Gasteiger partial charge in [-0.05, 0) is 31.4 Å². The van der Waals surface area contributed by atoms with Crippen LogP contribution >= 0.6 is 0 Å². The van der Waals surface area contributed by atoms with E-state index in [0.717, 1.165) is 18.9 Å². The van der Waals surface area contributed by atoms with Crippen LogP contribution in [-0.4, -0.2) is 23.9 Å². The van der Waals surface area contributed by atoms with Gasteiger partial charge in [0.05, 0.1) is 0 Å². The van der Waals surface area contributed by atoms with Crippen molar-refractivity contribution < 1.29 is 13.6 Å². The lowest BCUT2D eigenvalue weighted by Gasteiger charge is -2.23. The molecule has 0 saturated carbocycles. The largest absolute Gasteiger partial charge is 0.342 e. The predicted molar refractivity (Wildman–Crippen MR) is 65.2 cm³/mol. The molecule has 1 unspecified atom stereocenters. The summed E-state index contributed by atoms with van der Waals surface area (Å²) >= 11 is 0. The lowest BCUT2D eigenvalue weighted by molar-refractivity contribution is -0.130. The molecular formula is C14H17F2NO. The van der Waals surface area contributed by atoms with Crippen LogP contribution in [0, 0.1) is 11.6 Å². The molecule has 2 rings (SSSR count). The molecule has 1 saturated heterocycles. The molecule has 1 aliphatic rings. The fourth-order valence-corrected chi connectivity index (χ4v) is 2.51. The van der Waals surface area contributed by atoms with Gasteiger partial charge < -0.3 is 4.90 Å². The quantitative estimate of drug-likeness (QED) is 0.793. The van der Waals surface area contributed by atoms with Crippen molar-refractivity contribution in [2.24, 2.45) is 0 Å². The van der Waals surface area contributed by atoms with Crippen molar-refractivity contribution in [1.29, 1.82) is 0 Å². The third kappa shape index (κ3) is 2.52. The highest BCUT2D eigenvalue weighted by Gasteiger charge is 2.25. The highest BCUT2D eigenvalue weighted by atomic mass is 19.2. The molecule has 0 bridgehead atoms. The first-order chi connectivity index (χ1) is 8.63. The Kier molecular flexibility index (Phi) is 3.94. The van der Waals surface area contributed by atoms with E-state index in [-0.39, 0.29) is 11.8 Å². The number of halogens is 2. The third-order valence-electron chi connectivity index (χ3n) is 3.54. The molecule has 0 radical (unpaired) electrons. The molecule has 98 valence electrons. The summed E-state index contributed by atoms with van der Waals surface area (Å²) in [6.45, 7) is 3.00. The minimum atomic E-state index is -0.814. The normalized spacial score (nSPS) is 20.9. The van der Waals surface area contributed by atoms with Crippen molar-refractivity contribution >= 4 is 5.91 Å². The van der Waals surface area contributed by atoms with Crippen molar-refractivity contribution in [3.05, 3.63) is 35.4 Å². The van der Waals surface area contributed by atoms with Crippen LogP contribution in [0.25, 0.3) is 0 Å². The number of rotatable bonds is 2. The van der Waals surface area contributed by atoms with Gasteiger partial charge in [-0.3, -0.25) is 4.79 Å². The maximum atomic E-state index is 13.8. The first-order valence-corrected chi connectivity index (χ1v) is 6.35. The van der Waals surface area contributed by atoms with E-state index in [2.05, 4.69) is 0 Å². The van der Waals surface area contributed by atoms with Gasteiger partial charge in [-0.15, -0.1) is 0 Å². The first-order valence-electron chi connectivity index (χ1n) is 6.35. The molecule has 1 aromatic carbocycles. The molecule has 0 spiro atoms. The Balaban J connectivity index is 2.26. The van der Waals surface area contributed by atoms with E-state index >= 15 is 0 Å². The average molecular weight is 253 g/mol. The fourth-order valence-electron chi connectivity index (χ4n) is 2.51. The zero-order chi connectivity index (χ0) is 13.1. The number of likely N-dealkylation sites (N-methyl/N-ethyl adjacent to an activating group) is 1. The number of amides is 1. The zero-order valence-electron chi connectivity index (χ0n) is 10.5. The summed E-state index contributed by atoms with van der Waals surface area (Å²) in [6, 6.07) is 4.27. The Bertz CT molecular complexity index is 447. The van der Waals surface area contributed by atoms with Crippen molar-refractivity contribution in [1.82, 2.24) is 4.90 Å². The minimum absolute atomic E-state index is 0.105. The van der Waals surface area contributed by atoms with Crippen LogP contribution in [0.15, 0.2) is 18.2 Å². The number of hydrogen-bond acceptors (Lipinski definition) is 1. The monoisotopic (exact) mass is 253 g/mol. The molecule has 1 fully saturated rings. The van der Waals surface area contributed by atoms with Gasteiger partial charge >= 0.3 is 0 Å². The Morgan fingerprint density at radius 3 is 2.89 bits per heavy atom. The van der Waals surface area contributed by atoms with Crippen LogP contribution < -0.4 is 0 Å². The Labute approximate surface area is 106 Å². The van der Waals surface area contributed by atoms with E-state index in [0.29, 0.717) is 25.1 Å². The summed E-state index contributed by atoms with van der Waals surface area (Å²) in [6.07, 6.45) is 1.96. The van der Waals surface area contributed by atoms with Crippen molar-refractivity contribution in [3.63, 3.8) is 0 Å². The van der Waals surface area contributed by atoms with Gasteiger partial charge in [0, 0.05) is 25.4 Å². The van der Waals surface area contributed by atoms with Gasteiger partial charge in [0.1, 0.15) is 0 Å². The summed E-state index contributed by atoms with van der Waals surface area (Å²) in [5, 5.41) is 0. The van der Waals surface area contributed by atoms with Crippen molar-refractivity contribution in [2.75, 3.05) is 13.1 Å². The van der Waals surface area contributed by atoms with Gasteiger partial charge in [-0.2, -0.15) is 0 Å². The van der Waals surface area contributed by atoms with Crippen LogP contribution in [0.1, 0.15) is 37.7 Å². The first kappa shape index (κ1) is 13.0. The Morgan fingerprint density at radius 1 is 1.39 bits per heavy atom. The molecule has 1 heterocycles. The molecule has 1 amide bonds. The number of likely N-dealkylation sites (tertiary alicyclic amines) is 1. The summed E-state index contributed by atoms with van der Waals surface area (Å²) < 4.78 is 27.0. The van der Waals surface area contributed by atoms with E-state index in [1.807, 2.05) is 6.92 Å². The second-order valence-corrected chi connectivity index (χ2v) is 4.66. The lowest BCUT2D eigenvalue weighted by atomic mass is 9.93. The van der Waals surface area contributed by atoms with E-state index in [4.69, 9.17) is 0 Å². The van der Waals surface area contributed by atoms with Crippen LogP contribution in [0.5, 0.6) is 0 Å². The topological polar surface area (TPSA) is 20.3 Å². The fraction of sp³-hybridized carbons (Fsp3) is 0.500. The predicted octanol–water partition coefficient (Wildman–Crippen LogP) is 3.08. The van der Waals surface area contributed by atoms with Crippen molar-refractivity contribution in [2.45, 2.75) is 32.1 Å². The second-order valence-electron chi connectivity index (χ2n) is 4.66. The third-order valence-corrected chi connectivity index (χ3v) is 3.54. The van der Waals surface area contributed by atoms with Gasteiger partial charge in [0.2, 0.25) is 5.91 Å². The van der Waals surface area contributed by atoms with E-state index in [1.54, 1.807) is 11.0 Å². The summed E-state index contributed by atoms with van der Waals surface area (Å²) in [7, 11) is 0. The van der Waals surface area contributed by atoms with Crippen LogP contribution in [-0.2, 0) is 4.79 Å². The van der Waals surface area contributed by atoms with Gasteiger partial charge in [0.15, 0.2) is 11.6 Å². The van der Waals surface area contributed by atoms with Crippen LogP contribution in [0.4, 0.5) is 8.78 Å². The molecule has 2 nitrogen and oxygen atoms in total. The highest BCUT2D eigenvalue weighted by molar-refractivity contribution is 5.76. The molecule has 0 N–H and O–H groups in total. The van der Waals surface area contributed by atoms with Gasteiger partial charge in [-0.1, -0.05) is 12.1 Å². The maximum Gasteiger partial charge on any atom is 0.222 e. The summed E-state index contributed by atoms with van der Waals surface area (Å²) in [5.74, 6) is -1.58. The number of nitrogens with zero attached hydrogens (tertiary/aromatic N) is 1. The Morgan fingerprint density at radius 2 is 2.17 bits per heavy atom. The van der Waals surface area contributed by atoms with Gasteiger partial charge in [0.25, 0.3) is 0 Å². The van der Waals surface area contributed by atoms with Crippen LogP contribution in [0.2, 0.25) is 0 Å². The SMILES string of the molecule is CCN1CC(c2cccc(F)c2F)CCCC1=O. The number of carbonyl (C=O) groups excluding carboxylic acids is 1. The average Bonchev–Trinajstić information content (AvgIpc) is 2.54. The summed E-state index contributed by atoms with van der Waals surface area (Å²) in [5.41, 5.74) is 0.392. The maximum absolute atomic E-state index is 13.8. The van der Waals surface area contributed by atoms with E-state index in [1.165, 1.54) is 6.07 Å². The Hall–Kier alpha value is -1.45. The minimum Gasteiger partial charge on any atom is -0.342 e. The molecule has 1 atom stereocenters. The number of carbonyl (C=O) groups is 1. The highest BCUT2D eigenvalue weighted by Crippen LogP contribution is 2.29. The molecule has 0 aliphatic carbocycles. The molecule has 4 heteroatoms. The lowest BCUT2D eigenvalue weighted by Crippen LogP contribution is -2.32. The number of benzene rings is 1. The van der Waals surface area contributed by atoms with E-state index < -0.39 is 11.6 Å². The van der Waals surface area contributed by atoms with Crippen molar-refractivity contribution in [3.8, 4) is 0 Å². The smallest absolute Gasteiger partial charge is 0.222 e. The van der Waals surface area contributed by atoms with Crippen LogP contribution in [0.3, 0.4) is 0 Å². The standard InChI is InChI=1S/C14H17F2NO/c1-2-17-9-10(5-3-8-13(17)18)11-6-4-7-12(15)14(11)16/h4,6-7,10H,2-3,5,8-9H2,1H3. The molecule has 1 aliphatic heterocycles. The molecule has 0 aromatic heterocycles. The summed E-state index contributed by atoms with van der Waals surface area (Å²) in [4.78, 5) is 13.5. The molecule has 18 heavy (non-hydrogen) atoms. The van der Waals surface area contributed by atoms with E-state index in [9.17, 15) is 13.6 Å². The molecule has 1 aromatic rings. The second kappa shape index (κ2) is 5.46. The zero-order valence-corrected chi connectivity index (χ0v) is 10.5. The molecular weight excluding hydrogens is 236 g/mol.